The topological polar surface area (TPSA) is 75.6 Å². The Morgan fingerprint density at radius 3 is 3.11 bits per heavy atom. The molecular weight excluding hydrogens is 248 g/mol. The number of hydrogen-bond acceptors (Lipinski definition) is 7. The van der Waals surface area contributed by atoms with Crippen LogP contribution in [0.1, 0.15) is 30.4 Å². The number of anilines is 2. The molecule has 2 aromatic heterocycles. The minimum atomic E-state index is 0.349. The molecule has 0 saturated carbocycles. The summed E-state index contributed by atoms with van der Waals surface area (Å²) in [7, 11) is 0. The van der Waals surface area contributed by atoms with E-state index < -0.39 is 0 Å². The molecule has 1 fully saturated rings. The molecular formula is C11H14N6S. The van der Waals surface area contributed by atoms with Crippen molar-refractivity contribution in [3.05, 3.63) is 23.1 Å². The lowest BCUT2D eigenvalue weighted by Gasteiger charge is -2.11. The summed E-state index contributed by atoms with van der Waals surface area (Å²) < 4.78 is 0. The van der Waals surface area contributed by atoms with E-state index in [1.54, 1.807) is 5.51 Å². The molecule has 3 heterocycles. The summed E-state index contributed by atoms with van der Waals surface area (Å²) in [6.45, 7) is 2.97. The van der Waals surface area contributed by atoms with Gasteiger partial charge in [-0.15, -0.1) is 10.2 Å². The minimum absolute atomic E-state index is 0.349. The fourth-order valence-electron chi connectivity index (χ4n) is 2.11. The second-order valence-electron chi connectivity index (χ2n) is 4.24. The summed E-state index contributed by atoms with van der Waals surface area (Å²) in [5.41, 5.74) is 2.74. The molecule has 7 heteroatoms. The second kappa shape index (κ2) is 4.95. The van der Waals surface area contributed by atoms with Crippen LogP contribution in [-0.2, 0) is 0 Å². The predicted octanol–water partition coefficient (Wildman–Crippen LogP) is 1.80. The van der Waals surface area contributed by atoms with Crippen molar-refractivity contribution in [2.24, 2.45) is 0 Å². The number of hydrogen-bond donors (Lipinski definition) is 2. The number of nitrogens with one attached hydrogen (secondary N) is 2. The summed E-state index contributed by atoms with van der Waals surface area (Å²) in [6.07, 6.45) is 2.33. The Kier molecular flexibility index (Phi) is 3.16. The van der Waals surface area contributed by atoms with Gasteiger partial charge >= 0.3 is 0 Å². The van der Waals surface area contributed by atoms with Crippen LogP contribution < -0.4 is 10.6 Å². The van der Waals surface area contributed by atoms with E-state index in [9.17, 15) is 0 Å². The minimum Gasteiger partial charge on any atom is -0.315 e. The maximum absolute atomic E-state index is 4.50. The smallest absolute Gasteiger partial charge is 0.210 e. The van der Waals surface area contributed by atoms with Crippen LogP contribution in [-0.4, -0.2) is 26.7 Å². The van der Waals surface area contributed by atoms with Crippen LogP contribution in [0.25, 0.3) is 0 Å². The zero-order valence-corrected chi connectivity index (χ0v) is 10.9. The number of aromatic nitrogens is 4. The molecule has 0 spiro atoms. The standard InChI is InChI=1S/C11H14N6S/c1-7-14-9(8-3-2-4-12-8)5-10(15-7)16-11-17-13-6-18-11/h5-6,8,12H,2-4H2,1H3,(H,14,15,16,17)/t8-/m1/s1. The first-order chi connectivity index (χ1) is 8.81. The van der Waals surface area contributed by atoms with Gasteiger partial charge in [-0.3, -0.25) is 0 Å². The van der Waals surface area contributed by atoms with Crippen LogP contribution in [0.15, 0.2) is 11.6 Å². The molecule has 3 rings (SSSR count). The van der Waals surface area contributed by atoms with Gasteiger partial charge in [0.2, 0.25) is 5.13 Å². The summed E-state index contributed by atoms with van der Waals surface area (Å²) >= 11 is 1.45. The molecule has 0 amide bonds. The Labute approximate surface area is 109 Å². The summed E-state index contributed by atoms with van der Waals surface area (Å²) in [4.78, 5) is 8.87. The quantitative estimate of drug-likeness (QED) is 0.878. The molecule has 1 saturated heterocycles. The fraction of sp³-hybridized carbons (Fsp3) is 0.455. The monoisotopic (exact) mass is 262 g/mol. The summed E-state index contributed by atoms with van der Waals surface area (Å²) in [5, 5.41) is 15.1. The van der Waals surface area contributed by atoms with E-state index in [4.69, 9.17) is 0 Å². The van der Waals surface area contributed by atoms with Gasteiger partial charge in [-0.1, -0.05) is 11.3 Å². The van der Waals surface area contributed by atoms with Gasteiger partial charge in [-0.2, -0.15) is 0 Å². The van der Waals surface area contributed by atoms with Crippen molar-refractivity contribution in [1.82, 2.24) is 25.5 Å². The fourth-order valence-corrected chi connectivity index (χ4v) is 2.56. The Balaban J connectivity index is 1.85. The van der Waals surface area contributed by atoms with Gasteiger partial charge in [0.15, 0.2) is 0 Å². The highest BCUT2D eigenvalue weighted by molar-refractivity contribution is 7.13. The van der Waals surface area contributed by atoms with E-state index in [-0.39, 0.29) is 0 Å². The third-order valence-corrected chi connectivity index (χ3v) is 3.48. The summed E-state index contributed by atoms with van der Waals surface area (Å²) in [5.74, 6) is 1.55. The van der Waals surface area contributed by atoms with Crippen molar-refractivity contribution in [2.45, 2.75) is 25.8 Å². The molecule has 18 heavy (non-hydrogen) atoms. The Morgan fingerprint density at radius 1 is 1.44 bits per heavy atom. The predicted molar refractivity (Wildman–Crippen MR) is 69.9 cm³/mol. The molecule has 0 aliphatic carbocycles. The van der Waals surface area contributed by atoms with E-state index in [0.29, 0.717) is 6.04 Å². The molecule has 1 atom stereocenters. The normalized spacial score (nSPS) is 19.1. The molecule has 2 aromatic rings. The Morgan fingerprint density at radius 2 is 2.39 bits per heavy atom. The van der Waals surface area contributed by atoms with Crippen molar-refractivity contribution in [2.75, 3.05) is 11.9 Å². The van der Waals surface area contributed by atoms with Crippen LogP contribution in [0.3, 0.4) is 0 Å². The zero-order chi connectivity index (χ0) is 12.4. The van der Waals surface area contributed by atoms with E-state index in [2.05, 4.69) is 30.8 Å². The first-order valence-corrected chi connectivity index (χ1v) is 6.81. The van der Waals surface area contributed by atoms with Gasteiger partial charge in [0, 0.05) is 12.1 Å². The maximum atomic E-state index is 4.50. The van der Waals surface area contributed by atoms with Crippen molar-refractivity contribution < 1.29 is 0 Å². The molecule has 0 bridgehead atoms. The van der Waals surface area contributed by atoms with E-state index in [1.807, 2.05) is 13.0 Å². The average Bonchev–Trinajstić information content (AvgIpc) is 3.00. The Bertz CT molecular complexity index is 520. The second-order valence-corrected chi connectivity index (χ2v) is 5.08. The first kappa shape index (κ1) is 11.5. The van der Waals surface area contributed by atoms with Gasteiger partial charge in [-0.05, 0) is 26.3 Å². The van der Waals surface area contributed by atoms with Crippen LogP contribution in [0, 0.1) is 6.92 Å². The number of aryl methyl sites for hydroxylation is 1. The molecule has 1 aliphatic rings. The third kappa shape index (κ3) is 2.46. The number of nitrogens with zero attached hydrogens (tertiary/aromatic N) is 4. The highest BCUT2D eigenvalue weighted by atomic mass is 32.1. The third-order valence-electron chi connectivity index (χ3n) is 2.87. The molecule has 1 aliphatic heterocycles. The number of rotatable bonds is 3. The molecule has 0 radical (unpaired) electrons. The Hall–Kier alpha value is -1.60. The van der Waals surface area contributed by atoms with Gasteiger partial charge in [0.1, 0.15) is 17.2 Å². The zero-order valence-electron chi connectivity index (χ0n) is 10.1. The summed E-state index contributed by atoms with van der Waals surface area (Å²) in [6, 6.07) is 2.33. The lowest BCUT2D eigenvalue weighted by molar-refractivity contribution is 0.623. The van der Waals surface area contributed by atoms with Gasteiger partial charge in [-0.25, -0.2) is 9.97 Å². The molecule has 0 unspecified atom stereocenters. The van der Waals surface area contributed by atoms with Gasteiger partial charge in [0.05, 0.1) is 5.69 Å². The highest BCUT2D eigenvalue weighted by Crippen LogP contribution is 2.24. The molecule has 0 aromatic carbocycles. The van der Waals surface area contributed by atoms with Crippen LogP contribution in [0.4, 0.5) is 10.9 Å². The highest BCUT2D eigenvalue weighted by Gasteiger charge is 2.18. The van der Waals surface area contributed by atoms with Gasteiger partial charge in [0.25, 0.3) is 0 Å². The first-order valence-electron chi connectivity index (χ1n) is 5.93. The largest absolute Gasteiger partial charge is 0.315 e. The SMILES string of the molecule is Cc1nc(Nc2nncs2)cc([C@H]2CCCN2)n1. The maximum Gasteiger partial charge on any atom is 0.210 e. The van der Waals surface area contributed by atoms with Crippen molar-refractivity contribution in [3.63, 3.8) is 0 Å². The van der Waals surface area contributed by atoms with E-state index in [0.717, 1.165) is 35.4 Å². The molecule has 6 nitrogen and oxygen atoms in total. The van der Waals surface area contributed by atoms with Crippen LogP contribution >= 0.6 is 11.3 Å². The van der Waals surface area contributed by atoms with Crippen LogP contribution in [0.5, 0.6) is 0 Å². The lowest BCUT2D eigenvalue weighted by Crippen LogP contribution is -2.15. The molecule has 2 N–H and O–H groups in total. The lowest BCUT2D eigenvalue weighted by atomic mass is 10.1. The van der Waals surface area contributed by atoms with Crippen LogP contribution in [0.2, 0.25) is 0 Å². The van der Waals surface area contributed by atoms with Crippen molar-refractivity contribution >= 4 is 22.3 Å². The molecule has 94 valence electrons. The van der Waals surface area contributed by atoms with E-state index >= 15 is 0 Å². The van der Waals surface area contributed by atoms with Crippen molar-refractivity contribution in [1.29, 1.82) is 0 Å². The average molecular weight is 262 g/mol. The van der Waals surface area contributed by atoms with Gasteiger partial charge < -0.3 is 10.6 Å². The van der Waals surface area contributed by atoms with E-state index in [1.165, 1.54) is 17.8 Å². The van der Waals surface area contributed by atoms with Crippen molar-refractivity contribution in [3.8, 4) is 0 Å².